The molecule has 26 heavy (non-hydrogen) atoms. The van der Waals surface area contributed by atoms with Crippen LogP contribution in [0.4, 0.5) is 0 Å². The Hall–Kier alpha value is -0.160. The van der Waals surface area contributed by atoms with Crippen molar-refractivity contribution in [3.63, 3.8) is 0 Å². The molecular weight excluding hydrogens is 447 g/mol. The molecule has 2 N–H and O–H groups in total. The molecule has 7 nitrogen and oxygen atoms in total. The molecule has 0 aliphatic carbocycles. The molecule has 3 atom stereocenters. The summed E-state index contributed by atoms with van der Waals surface area (Å²) >= 11 is 0. The highest BCUT2D eigenvalue weighted by Gasteiger charge is 2.17. The predicted octanol–water partition coefficient (Wildman–Crippen LogP) is 1.32. The monoisotopic (exact) mass is 484 g/mol. The number of guanidine groups is 1. The maximum atomic E-state index is 5.88. The van der Waals surface area contributed by atoms with Gasteiger partial charge in [0.25, 0.3) is 0 Å². The Morgan fingerprint density at radius 1 is 1.23 bits per heavy atom. The lowest BCUT2D eigenvalue weighted by atomic mass is 10.1. The number of aliphatic imine (C=N–C) groups is 1. The lowest BCUT2D eigenvalue weighted by molar-refractivity contribution is 0.0323. The van der Waals surface area contributed by atoms with Crippen LogP contribution in [0.1, 0.15) is 27.2 Å². The zero-order valence-electron chi connectivity index (χ0n) is 16.5. The molecule has 0 aromatic heterocycles. The second-order valence-electron chi connectivity index (χ2n) is 7.10. The molecule has 0 radical (unpaired) electrons. The summed E-state index contributed by atoms with van der Waals surface area (Å²) in [4.78, 5) is 7.22. The minimum Gasteiger partial charge on any atom is -0.379 e. The van der Waals surface area contributed by atoms with Crippen molar-refractivity contribution in [1.82, 2.24) is 15.5 Å². The second kappa shape index (κ2) is 13.9. The van der Waals surface area contributed by atoms with Crippen LogP contribution in [0.2, 0.25) is 0 Å². The van der Waals surface area contributed by atoms with Crippen molar-refractivity contribution in [1.29, 1.82) is 0 Å². The predicted molar refractivity (Wildman–Crippen MR) is 116 cm³/mol. The van der Waals surface area contributed by atoms with Gasteiger partial charge in [-0.2, -0.15) is 0 Å². The fourth-order valence-corrected chi connectivity index (χ4v) is 3.05. The molecule has 2 rings (SSSR count). The Balaban J connectivity index is 0.00000338. The summed E-state index contributed by atoms with van der Waals surface area (Å²) in [7, 11) is 0. The normalized spacial score (nSPS) is 24.0. The number of ether oxygens (including phenoxy) is 3. The first-order valence-electron chi connectivity index (χ1n) is 9.71. The lowest BCUT2D eigenvalue weighted by Gasteiger charge is -2.28. The van der Waals surface area contributed by atoms with E-state index in [-0.39, 0.29) is 36.1 Å². The van der Waals surface area contributed by atoms with Crippen molar-refractivity contribution < 1.29 is 14.2 Å². The largest absolute Gasteiger partial charge is 0.379 e. The number of hydrogen-bond acceptors (Lipinski definition) is 5. The third-order valence-electron chi connectivity index (χ3n) is 4.43. The van der Waals surface area contributed by atoms with Gasteiger partial charge in [0.05, 0.1) is 32.5 Å². The second-order valence-corrected chi connectivity index (χ2v) is 7.10. The van der Waals surface area contributed by atoms with E-state index in [4.69, 9.17) is 19.2 Å². The molecule has 2 aliphatic heterocycles. The first kappa shape index (κ1) is 23.9. The summed E-state index contributed by atoms with van der Waals surface area (Å²) in [5, 5.41) is 6.77. The van der Waals surface area contributed by atoms with Crippen molar-refractivity contribution in [2.24, 2.45) is 10.9 Å². The van der Waals surface area contributed by atoms with Crippen LogP contribution in [0, 0.1) is 5.92 Å². The Morgan fingerprint density at radius 3 is 2.65 bits per heavy atom. The van der Waals surface area contributed by atoms with Crippen molar-refractivity contribution in [2.45, 2.75) is 39.3 Å². The van der Waals surface area contributed by atoms with E-state index >= 15 is 0 Å². The molecule has 154 valence electrons. The van der Waals surface area contributed by atoms with E-state index in [0.717, 1.165) is 71.5 Å². The number of nitrogens with one attached hydrogen (secondary N) is 2. The number of nitrogens with zero attached hydrogens (tertiary/aromatic N) is 2. The Kier molecular flexibility index (Phi) is 12.8. The minimum absolute atomic E-state index is 0. The van der Waals surface area contributed by atoms with Gasteiger partial charge in [-0.25, -0.2) is 0 Å². The van der Waals surface area contributed by atoms with Crippen molar-refractivity contribution in [2.75, 3.05) is 65.8 Å². The Bertz CT molecular complexity index is 389. The molecule has 3 unspecified atom stereocenters. The van der Waals surface area contributed by atoms with Crippen LogP contribution in [-0.2, 0) is 14.2 Å². The van der Waals surface area contributed by atoms with Crippen molar-refractivity contribution >= 4 is 29.9 Å². The molecule has 2 saturated heterocycles. The molecule has 2 fully saturated rings. The maximum Gasteiger partial charge on any atom is 0.191 e. The molecule has 2 aliphatic rings. The molecular formula is C18H37IN4O3. The quantitative estimate of drug-likeness (QED) is 0.293. The van der Waals surface area contributed by atoms with Crippen LogP contribution >= 0.6 is 24.0 Å². The van der Waals surface area contributed by atoms with Crippen LogP contribution < -0.4 is 10.6 Å². The van der Waals surface area contributed by atoms with Gasteiger partial charge in [0.2, 0.25) is 0 Å². The number of morpholine rings is 1. The van der Waals surface area contributed by atoms with E-state index < -0.39 is 0 Å². The molecule has 0 aromatic carbocycles. The molecule has 0 aromatic rings. The standard InChI is InChI=1S/C18H36N4O3.HI/c1-4-19-18(21-16(3)13-25-17-5-8-24-14-17)20-11-15(2)12-22-6-9-23-10-7-22;/h15-17H,4-14H2,1-3H3,(H2,19,20,21);1H. The first-order valence-corrected chi connectivity index (χ1v) is 9.71. The van der Waals surface area contributed by atoms with E-state index in [9.17, 15) is 0 Å². The van der Waals surface area contributed by atoms with Gasteiger partial charge in [-0.05, 0) is 26.2 Å². The highest BCUT2D eigenvalue weighted by atomic mass is 127. The number of halogens is 1. The summed E-state index contributed by atoms with van der Waals surface area (Å²) in [6, 6.07) is 0.216. The van der Waals surface area contributed by atoms with Crippen molar-refractivity contribution in [3.8, 4) is 0 Å². The lowest BCUT2D eigenvalue weighted by Crippen LogP contribution is -2.45. The SMILES string of the molecule is CCNC(=NCC(C)CN1CCOCC1)NC(C)COC1CCOC1.I. The minimum atomic E-state index is 0. The molecule has 0 spiro atoms. The maximum absolute atomic E-state index is 5.88. The fraction of sp³-hybridized carbons (Fsp3) is 0.944. The Labute approximate surface area is 175 Å². The summed E-state index contributed by atoms with van der Waals surface area (Å²) in [6.45, 7) is 15.2. The van der Waals surface area contributed by atoms with Crippen LogP contribution in [0.5, 0.6) is 0 Å². The van der Waals surface area contributed by atoms with Gasteiger partial charge in [-0.15, -0.1) is 24.0 Å². The summed E-state index contributed by atoms with van der Waals surface area (Å²) in [5.74, 6) is 1.39. The third-order valence-corrected chi connectivity index (χ3v) is 4.43. The number of rotatable bonds is 9. The summed E-state index contributed by atoms with van der Waals surface area (Å²) < 4.78 is 16.6. The average Bonchev–Trinajstić information content (AvgIpc) is 3.12. The Morgan fingerprint density at radius 2 is 2.00 bits per heavy atom. The van der Waals surface area contributed by atoms with Crippen LogP contribution in [-0.4, -0.2) is 88.8 Å². The smallest absolute Gasteiger partial charge is 0.191 e. The fourth-order valence-electron chi connectivity index (χ4n) is 3.05. The highest BCUT2D eigenvalue weighted by molar-refractivity contribution is 14.0. The van der Waals surface area contributed by atoms with Gasteiger partial charge in [-0.1, -0.05) is 6.92 Å². The molecule has 2 heterocycles. The molecule has 0 bridgehead atoms. The first-order chi connectivity index (χ1) is 12.2. The van der Waals surface area contributed by atoms with Gasteiger partial charge in [0.15, 0.2) is 5.96 Å². The van der Waals surface area contributed by atoms with Gasteiger partial charge in [0, 0.05) is 45.4 Å². The van der Waals surface area contributed by atoms with E-state index in [1.165, 1.54) is 0 Å². The van der Waals surface area contributed by atoms with Gasteiger partial charge in [-0.3, -0.25) is 9.89 Å². The van der Waals surface area contributed by atoms with Gasteiger partial charge in [0.1, 0.15) is 0 Å². The van der Waals surface area contributed by atoms with Gasteiger partial charge < -0.3 is 24.8 Å². The topological polar surface area (TPSA) is 67.4 Å². The van der Waals surface area contributed by atoms with Crippen LogP contribution in [0.3, 0.4) is 0 Å². The number of hydrogen-bond donors (Lipinski definition) is 2. The summed E-state index contributed by atoms with van der Waals surface area (Å²) in [6.07, 6.45) is 1.25. The van der Waals surface area contributed by atoms with Gasteiger partial charge >= 0.3 is 0 Å². The highest BCUT2D eigenvalue weighted by Crippen LogP contribution is 2.08. The third kappa shape index (κ3) is 9.68. The van der Waals surface area contributed by atoms with Crippen molar-refractivity contribution in [3.05, 3.63) is 0 Å². The molecule has 8 heteroatoms. The molecule has 0 amide bonds. The van der Waals surface area contributed by atoms with E-state index in [1.54, 1.807) is 0 Å². The van der Waals surface area contributed by atoms with E-state index in [2.05, 4.69) is 36.3 Å². The van der Waals surface area contributed by atoms with Crippen LogP contribution in [0.25, 0.3) is 0 Å². The zero-order chi connectivity index (χ0) is 17.9. The zero-order valence-corrected chi connectivity index (χ0v) is 18.9. The molecule has 0 saturated carbocycles. The van der Waals surface area contributed by atoms with Crippen LogP contribution in [0.15, 0.2) is 4.99 Å². The van der Waals surface area contributed by atoms with E-state index in [0.29, 0.717) is 12.5 Å². The van der Waals surface area contributed by atoms with E-state index in [1.807, 2.05) is 0 Å². The summed E-state index contributed by atoms with van der Waals surface area (Å²) in [5.41, 5.74) is 0. The average molecular weight is 484 g/mol.